The molecule has 1 aliphatic heterocycles. The molecule has 3 N–H and O–H groups in total. The van der Waals surface area contributed by atoms with E-state index < -0.39 is 10.0 Å². The molecule has 2 aromatic rings. The third kappa shape index (κ3) is 4.82. The van der Waals surface area contributed by atoms with E-state index >= 15 is 0 Å². The zero-order valence-corrected chi connectivity index (χ0v) is 17.1. The number of hydrogen-bond acceptors (Lipinski definition) is 4. The summed E-state index contributed by atoms with van der Waals surface area (Å²) in [5.41, 5.74) is 3.96. The van der Waals surface area contributed by atoms with E-state index in [0.717, 1.165) is 42.7 Å². The van der Waals surface area contributed by atoms with Crippen LogP contribution in [0.15, 0.2) is 47.4 Å². The van der Waals surface area contributed by atoms with Crippen LogP contribution in [0.3, 0.4) is 0 Å². The Morgan fingerprint density at radius 3 is 2.56 bits per heavy atom. The average Bonchev–Trinajstić information content (AvgIpc) is 3.03. The van der Waals surface area contributed by atoms with Gasteiger partial charge in [-0.1, -0.05) is 32.9 Å². The van der Waals surface area contributed by atoms with Crippen LogP contribution in [0.5, 0.6) is 0 Å². The Morgan fingerprint density at radius 2 is 1.89 bits per heavy atom. The molecule has 1 aliphatic rings. The van der Waals surface area contributed by atoms with Crippen LogP contribution in [0.4, 0.5) is 11.4 Å². The van der Waals surface area contributed by atoms with Gasteiger partial charge in [0.2, 0.25) is 0 Å². The highest BCUT2D eigenvalue weighted by molar-refractivity contribution is 7.92. The van der Waals surface area contributed by atoms with E-state index in [9.17, 15) is 8.42 Å². The molecule has 0 amide bonds. The Bertz CT molecular complexity index is 877. The lowest BCUT2D eigenvalue weighted by Gasteiger charge is -2.11. The van der Waals surface area contributed by atoms with Crippen molar-refractivity contribution in [2.45, 2.75) is 50.5 Å². The zero-order valence-electron chi connectivity index (χ0n) is 16.2. The molecule has 146 valence electrons. The second-order valence-corrected chi connectivity index (χ2v) is 9.13. The van der Waals surface area contributed by atoms with Crippen LogP contribution in [0, 0.1) is 0 Å². The van der Waals surface area contributed by atoms with Crippen LogP contribution < -0.4 is 15.4 Å². The maximum absolute atomic E-state index is 12.7. The van der Waals surface area contributed by atoms with Gasteiger partial charge in [-0.15, -0.1) is 0 Å². The van der Waals surface area contributed by atoms with Crippen molar-refractivity contribution in [1.29, 1.82) is 0 Å². The van der Waals surface area contributed by atoms with Gasteiger partial charge in [-0.2, -0.15) is 0 Å². The molecule has 0 spiro atoms. The molecule has 27 heavy (non-hydrogen) atoms. The molecule has 1 atom stereocenters. The van der Waals surface area contributed by atoms with Crippen molar-refractivity contribution in [3.05, 3.63) is 53.6 Å². The Kier molecular flexibility index (Phi) is 6.07. The molecule has 1 unspecified atom stereocenters. The van der Waals surface area contributed by atoms with E-state index in [1.807, 2.05) is 30.3 Å². The SMILES string of the molecule is CCCNCC1Cc2cc(NS(=O)(=O)c3ccc(C(C)C)cc3)ccc2N1. The fraction of sp³-hybridized carbons (Fsp3) is 0.429. The van der Waals surface area contributed by atoms with E-state index in [1.54, 1.807) is 12.1 Å². The number of fused-ring (bicyclic) bond motifs is 1. The average molecular weight is 388 g/mol. The maximum atomic E-state index is 12.7. The monoisotopic (exact) mass is 387 g/mol. The fourth-order valence-corrected chi connectivity index (χ4v) is 4.38. The third-order valence-corrected chi connectivity index (χ3v) is 6.26. The van der Waals surface area contributed by atoms with Gasteiger partial charge in [-0.25, -0.2) is 8.42 Å². The second-order valence-electron chi connectivity index (χ2n) is 7.45. The maximum Gasteiger partial charge on any atom is 0.261 e. The minimum Gasteiger partial charge on any atom is -0.380 e. The Labute approximate surface area is 162 Å². The van der Waals surface area contributed by atoms with Gasteiger partial charge >= 0.3 is 0 Å². The number of sulfonamides is 1. The molecule has 1 heterocycles. The van der Waals surface area contributed by atoms with Gasteiger partial charge < -0.3 is 10.6 Å². The van der Waals surface area contributed by atoms with Gasteiger partial charge in [0, 0.05) is 24.0 Å². The molecule has 0 saturated heterocycles. The predicted octanol–water partition coefficient (Wildman–Crippen LogP) is 3.95. The molecule has 0 radical (unpaired) electrons. The molecule has 0 aromatic heterocycles. The van der Waals surface area contributed by atoms with Gasteiger partial charge in [0.1, 0.15) is 0 Å². The summed E-state index contributed by atoms with van der Waals surface area (Å²) in [7, 11) is -3.59. The lowest BCUT2D eigenvalue weighted by Crippen LogP contribution is -2.31. The van der Waals surface area contributed by atoms with Crippen molar-refractivity contribution in [3.63, 3.8) is 0 Å². The molecular weight excluding hydrogens is 358 g/mol. The van der Waals surface area contributed by atoms with E-state index in [2.05, 4.69) is 36.1 Å². The van der Waals surface area contributed by atoms with E-state index in [0.29, 0.717) is 17.6 Å². The largest absolute Gasteiger partial charge is 0.380 e. The van der Waals surface area contributed by atoms with Crippen LogP contribution >= 0.6 is 0 Å². The molecule has 6 heteroatoms. The summed E-state index contributed by atoms with van der Waals surface area (Å²) in [6.07, 6.45) is 2.01. The molecule has 0 saturated carbocycles. The normalized spacial score (nSPS) is 16.2. The van der Waals surface area contributed by atoms with Crippen molar-refractivity contribution >= 4 is 21.4 Å². The Morgan fingerprint density at radius 1 is 1.15 bits per heavy atom. The number of nitrogens with one attached hydrogen (secondary N) is 3. The minimum absolute atomic E-state index is 0.284. The first-order valence-corrected chi connectivity index (χ1v) is 11.1. The van der Waals surface area contributed by atoms with Crippen molar-refractivity contribution in [1.82, 2.24) is 5.32 Å². The molecule has 0 aliphatic carbocycles. The van der Waals surface area contributed by atoms with Gasteiger partial charge in [0.25, 0.3) is 10.0 Å². The third-order valence-electron chi connectivity index (χ3n) is 4.86. The van der Waals surface area contributed by atoms with Crippen molar-refractivity contribution in [2.75, 3.05) is 23.1 Å². The van der Waals surface area contributed by atoms with Gasteiger partial charge in [0.05, 0.1) is 4.90 Å². The van der Waals surface area contributed by atoms with Gasteiger partial charge in [-0.3, -0.25) is 4.72 Å². The minimum atomic E-state index is -3.59. The number of rotatable bonds is 8. The number of hydrogen-bond donors (Lipinski definition) is 3. The lowest BCUT2D eigenvalue weighted by molar-refractivity contribution is 0.601. The molecule has 2 aromatic carbocycles. The van der Waals surface area contributed by atoms with Crippen LogP contribution in [0.25, 0.3) is 0 Å². The first-order valence-electron chi connectivity index (χ1n) is 9.62. The van der Waals surface area contributed by atoms with Gasteiger partial charge in [0.15, 0.2) is 0 Å². The van der Waals surface area contributed by atoms with Crippen molar-refractivity contribution in [3.8, 4) is 0 Å². The quantitative estimate of drug-likeness (QED) is 0.600. The summed E-state index contributed by atoms with van der Waals surface area (Å²) in [6.45, 7) is 8.25. The van der Waals surface area contributed by atoms with E-state index in [1.165, 1.54) is 0 Å². The van der Waals surface area contributed by atoms with E-state index in [-0.39, 0.29) is 4.90 Å². The first kappa shape index (κ1) is 19.7. The Balaban J connectivity index is 1.69. The first-order chi connectivity index (χ1) is 12.9. The van der Waals surface area contributed by atoms with E-state index in [4.69, 9.17) is 0 Å². The standard InChI is InChI=1S/C21H29N3O2S/c1-4-11-22-14-19-13-17-12-18(7-10-21(17)23-19)24-27(25,26)20-8-5-16(6-9-20)15(2)3/h5-10,12,15,19,22-24H,4,11,13-14H2,1-3H3. The van der Waals surface area contributed by atoms with Crippen LogP contribution in [-0.2, 0) is 16.4 Å². The Hall–Kier alpha value is -2.05. The summed E-state index contributed by atoms with van der Waals surface area (Å²) < 4.78 is 28.1. The van der Waals surface area contributed by atoms with Crippen LogP contribution in [-0.4, -0.2) is 27.5 Å². The van der Waals surface area contributed by atoms with Gasteiger partial charge in [-0.05, 0) is 66.8 Å². The molecule has 3 rings (SSSR count). The zero-order chi connectivity index (χ0) is 19.4. The highest BCUT2D eigenvalue weighted by atomic mass is 32.2. The molecular formula is C21H29N3O2S. The topological polar surface area (TPSA) is 70.2 Å². The smallest absolute Gasteiger partial charge is 0.261 e. The molecule has 0 bridgehead atoms. The highest BCUT2D eigenvalue weighted by Crippen LogP contribution is 2.29. The second kappa shape index (κ2) is 8.31. The van der Waals surface area contributed by atoms with Crippen LogP contribution in [0.1, 0.15) is 44.2 Å². The number of anilines is 2. The molecule has 5 nitrogen and oxygen atoms in total. The van der Waals surface area contributed by atoms with Crippen LogP contribution in [0.2, 0.25) is 0 Å². The van der Waals surface area contributed by atoms with Crippen molar-refractivity contribution < 1.29 is 8.42 Å². The summed E-state index contributed by atoms with van der Waals surface area (Å²) in [4.78, 5) is 0.284. The lowest BCUT2D eigenvalue weighted by atomic mass is 10.0. The molecule has 0 fully saturated rings. The summed E-state index contributed by atoms with van der Waals surface area (Å²) in [6, 6.07) is 13.1. The predicted molar refractivity (Wildman–Crippen MR) is 112 cm³/mol. The highest BCUT2D eigenvalue weighted by Gasteiger charge is 2.21. The summed E-state index contributed by atoms with van der Waals surface area (Å²) in [5.74, 6) is 0.374. The summed E-state index contributed by atoms with van der Waals surface area (Å²) in [5, 5.41) is 6.92. The summed E-state index contributed by atoms with van der Waals surface area (Å²) >= 11 is 0. The van der Waals surface area contributed by atoms with Crippen molar-refractivity contribution in [2.24, 2.45) is 0 Å². The number of benzene rings is 2. The fourth-order valence-electron chi connectivity index (χ4n) is 3.33.